The minimum absolute atomic E-state index is 0.116. The van der Waals surface area contributed by atoms with Crippen LogP contribution in [0.15, 0.2) is 24.3 Å². The number of carbonyl (C=O) groups excluding carboxylic acids is 3. The highest BCUT2D eigenvalue weighted by molar-refractivity contribution is 6.06. The topological polar surface area (TPSA) is 63.7 Å². The molecule has 0 aromatic heterocycles. The number of imide groups is 1. The number of carbonyl (C=O) groups is 3. The van der Waals surface area contributed by atoms with Crippen molar-refractivity contribution >= 4 is 17.8 Å². The van der Waals surface area contributed by atoms with E-state index in [1.54, 1.807) is 0 Å². The molecule has 2 fully saturated rings. The van der Waals surface area contributed by atoms with Crippen molar-refractivity contribution < 1.29 is 19.2 Å². The summed E-state index contributed by atoms with van der Waals surface area (Å²) in [6, 6.07) is 0. The maximum absolute atomic E-state index is 12.1. The highest BCUT2D eigenvalue weighted by Gasteiger charge is 2.60. The average molecular weight is 247 g/mol. The molecular weight excluding hydrogens is 234 g/mol. The Morgan fingerprint density at radius 3 is 2.22 bits per heavy atom. The fraction of sp³-hybridized carbons (Fsp3) is 0.462. The summed E-state index contributed by atoms with van der Waals surface area (Å²) in [5.41, 5.74) is 0.161. The summed E-state index contributed by atoms with van der Waals surface area (Å²) < 4.78 is 0. The lowest BCUT2D eigenvalue weighted by molar-refractivity contribution is -0.196. The Balaban J connectivity index is 1.84. The van der Waals surface area contributed by atoms with Gasteiger partial charge in [-0.1, -0.05) is 18.7 Å². The van der Waals surface area contributed by atoms with Crippen molar-refractivity contribution in [1.82, 2.24) is 5.06 Å². The summed E-state index contributed by atoms with van der Waals surface area (Å²) in [5.74, 6) is -1.98. The van der Waals surface area contributed by atoms with Crippen molar-refractivity contribution in [3.63, 3.8) is 0 Å². The van der Waals surface area contributed by atoms with Crippen LogP contribution in [0.25, 0.3) is 0 Å². The van der Waals surface area contributed by atoms with Gasteiger partial charge in [0, 0.05) is 5.57 Å². The van der Waals surface area contributed by atoms with E-state index in [2.05, 4.69) is 6.58 Å². The Morgan fingerprint density at radius 2 is 1.78 bits per heavy atom. The van der Waals surface area contributed by atoms with Crippen LogP contribution in [0.2, 0.25) is 0 Å². The van der Waals surface area contributed by atoms with Crippen LogP contribution in [0, 0.1) is 23.7 Å². The molecule has 3 rings (SSSR count). The van der Waals surface area contributed by atoms with Crippen molar-refractivity contribution in [2.75, 3.05) is 0 Å². The first-order chi connectivity index (χ1) is 8.50. The van der Waals surface area contributed by atoms with Crippen LogP contribution >= 0.6 is 0 Å². The van der Waals surface area contributed by atoms with Gasteiger partial charge < -0.3 is 4.84 Å². The number of nitrogens with zero attached hydrogens (tertiary/aromatic N) is 1. The molecule has 18 heavy (non-hydrogen) atoms. The van der Waals surface area contributed by atoms with Gasteiger partial charge in [0.25, 0.3) is 11.8 Å². The summed E-state index contributed by atoms with van der Waals surface area (Å²) >= 11 is 0. The Bertz CT molecular complexity index is 477. The zero-order valence-corrected chi connectivity index (χ0v) is 9.96. The number of hydrogen-bond donors (Lipinski definition) is 0. The van der Waals surface area contributed by atoms with E-state index in [4.69, 9.17) is 4.84 Å². The third-order valence-corrected chi connectivity index (χ3v) is 3.95. The van der Waals surface area contributed by atoms with Gasteiger partial charge in [0.2, 0.25) is 0 Å². The standard InChI is InChI=1S/C13H13NO4/c1-6(2)13(17)18-14-11(15)9-7-3-4-8(5-7)10(9)12(14)16/h3-4,7-10H,1,5H2,2H3/t7-,8?,9?,10?/m0/s1. The van der Waals surface area contributed by atoms with Crippen LogP contribution in [-0.4, -0.2) is 22.8 Å². The second-order valence-electron chi connectivity index (χ2n) is 5.13. The zero-order chi connectivity index (χ0) is 13.0. The Hall–Kier alpha value is -1.91. The lowest BCUT2D eigenvalue weighted by atomic mass is 9.85. The summed E-state index contributed by atoms with van der Waals surface area (Å²) in [7, 11) is 0. The second-order valence-corrected chi connectivity index (χ2v) is 5.13. The lowest BCUT2D eigenvalue weighted by Gasteiger charge is -2.15. The molecule has 0 spiro atoms. The van der Waals surface area contributed by atoms with Crippen molar-refractivity contribution in [3.8, 4) is 0 Å². The first-order valence-electron chi connectivity index (χ1n) is 5.94. The van der Waals surface area contributed by atoms with Crippen molar-refractivity contribution in [1.29, 1.82) is 0 Å². The van der Waals surface area contributed by atoms with E-state index in [1.165, 1.54) is 6.92 Å². The number of fused-ring (bicyclic) bond motifs is 5. The van der Waals surface area contributed by atoms with Gasteiger partial charge in [-0.2, -0.15) is 0 Å². The Labute approximate surface area is 104 Å². The summed E-state index contributed by atoms with van der Waals surface area (Å²) in [5, 5.41) is 0.637. The van der Waals surface area contributed by atoms with Crippen LogP contribution in [0.1, 0.15) is 13.3 Å². The number of hydroxylamine groups is 2. The predicted molar refractivity (Wildman–Crippen MR) is 60.5 cm³/mol. The molecule has 0 aromatic carbocycles. The van der Waals surface area contributed by atoms with E-state index in [1.807, 2.05) is 12.2 Å². The number of amides is 2. The Kier molecular flexibility index (Phi) is 2.20. The molecule has 0 radical (unpaired) electrons. The first kappa shape index (κ1) is 11.2. The van der Waals surface area contributed by atoms with E-state index < -0.39 is 17.8 Å². The molecule has 2 aliphatic carbocycles. The van der Waals surface area contributed by atoms with Crippen LogP contribution in [-0.2, 0) is 19.2 Å². The summed E-state index contributed by atoms with van der Waals surface area (Å²) in [6.07, 6.45) is 4.83. The molecule has 3 aliphatic rings. The molecule has 4 atom stereocenters. The molecule has 2 amide bonds. The van der Waals surface area contributed by atoms with E-state index in [-0.39, 0.29) is 29.2 Å². The first-order valence-corrected chi connectivity index (χ1v) is 5.94. The van der Waals surface area contributed by atoms with Crippen molar-refractivity contribution in [2.24, 2.45) is 23.7 Å². The van der Waals surface area contributed by atoms with Crippen LogP contribution in [0.4, 0.5) is 0 Å². The number of rotatable bonds is 2. The van der Waals surface area contributed by atoms with Crippen LogP contribution in [0.5, 0.6) is 0 Å². The summed E-state index contributed by atoms with van der Waals surface area (Å²) in [6.45, 7) is 4.90. The molecule has 1 saturated heterocycles. The molecule has 1 aliphatic heterocycles. The van der Waals surface area contributed by atoms with E-state index in [0.717, 1.165) is 6.42 Å². The monoisotopic (exact) mass is 247 g/mol. The molecule has 0 N–H and O–H groups in total. The Morgan fingerprint density at radius 1 is 1.28 bits per heavy atom. The zero-order valence-electron chi connectivity index (χ0n) is 9.96. The number of allylic oxidation sites excluding steroid dienone is 2. The molecule has 3 unspecified atom stereocenters. The quantitative estimate of drug-likeness (QED) is 0.412. The van der Waals surface area contributed by atoms with Gasteiger partial charge in [-0.3, -0.25) is 9.59 Å². The maximum Gasteiger partial charge on any atom is 0.359 e. The van der Waals surface area contributed by atoms with Crippen molar-refractivity contribution in [3.05, 3.63) is 24.3 Å². The molecule has 94 valence electrons. The number of hydrogen-bond acceptors (Lipinski definition) is 4. The molecule has 1 heterocycles. The van der Waals surface area contributed by atoms with Gasteiger partial charge in [-0.25, -0.2) is 4.79 Å². The smallest absolute Gasteiger partial charge is 0.325 e. The fourth-order valence-electron chi connectivity index (χ4n) is 3.13. The fourth-order valence-corrected chi connectivity index (χ4v) is 3.13. The minimum atomic E-state index is -0.739. The van der Waals surface area contributed by atoms with Gasteiger partial charge >= 0.3 is 5.97 Å². The van der Waals surface area contributed by atoms with Gasteiger partial charge in [0.15, 0.2) is 0 Å². The van der Waals surface area contributed by atoms with Gasteiger partial charge in [0.1, 0.15) is 0 Å². The minimum Gasteiger partial charge on any atom is -0.325 e. The van der Waals surface area contributed by atoms with Gasteiger partial charge in [0.05, 0.1) is 11.8 Å². The highest BCUT2D eigenvalue weighted by Crippen LogP contribution is 2.52. The lowest BCUT2D eigenvalue weighted by Crippen LogP contribution is -2.35. The van der Waals surface area contributed by atoms with E-state index in [9.17, 15) is 14.4 Å². The van der Waals surface area contributed by atoms with Crippen LogP contribution in [0.3, 0.4) is 0 Å². The molecule has 2 bridgehead atoms. The molecule has 1 saturated carbocycles. The van der Waals surface area contributed by atoms with Crippen molar-refractivity contribution in [2.45, 2.75) is 13.3 Å². The van der Waals surface area contributed by atoms with Crippen LogP contribution < -0.4 is 0 Å². The average Bonchev–Trinajstić information content (AvgIpc) is 2.98. The SMILES string of the molecule is C=C(C)C(=O)ON1C(=O)C2C3C=C[C@@H](C3)C2C1=O. The third kappa shape index (κ3) is 1.30. The van der Waals surface area contributed by atoms with Gasteiger partial charge in [-0.15, -0.1) is 5.06 Å². The van der Waals surface area contributed by atoms with E-state index in [0.29, 0.717) is 5.06 Å². The maximum atomic E-state index is 12.1. The molecule has 5 nitrogen and oxygen atoms in total. The second kappa shape index (κ2) is 3.54. The normalized spacial score (nSPS) is 36.2. The predicted octanol–water partition coefficient (Wildman–Crippen LogP) is 0.828. The molecule has 0 aromatic rings. The summed E-state index contributed by atoms with van der Waals surface area (Å²) in [4.78, 5) is 40.5. The third-order valence-electron chi connectivity index (χ3n) is 3.95. The molecule has 5 heteroatoms. The van der Waals surface area contributed by atoms with E-state index >= 15 is 0 Å². The molecular formula is C13H13NO4. The largest absolute Gasteiger partial charge is 0.359 e. The highest BCUT2D eigenvalue weighted by atomic mass is 16.7. The van der Waals surface area contributed by atoms with Gasteiger partial charge in [-0.05, 0) is 25.2 Å².